The van der Waals surface area contributed by atoms with E-state index in [4.69, 9.17) is 16.9 Å². The minimum absolute atomic E-state index is 0.124. The number of carbonyl (C=O) groups excluding carboxylic acids is 1. The summed E-state index contributed by atoms with van der Waals surface area (Å²) in [6.45, 7) is 5.87. The standard InChI is InChI=1S/C19H18ClN5O/c1-11-8-18-22-12(2)16(13(3)25(18)24-11)6-7-19(26)23-15-5-4-14(10-21)17(20)9-15/h4-5,8-9H,6-7H2,1-3H3,(H,23,26). The van der Waals surface area contributed by atoms with E-state index in [1.807, 2.05) is 37.4 Å². The molecular weight excluding hydrogens is 350 g/mol. The Hall–Kier alpha value is -2.91. The Labute approximate surface area is 156 Å². The van der Waals surface area contributed by atoms with E-state index in [9.17, 15) is 4.79 Å². The maximum absolute atomic E-state index is 12.3. The van der Waals surface area contributed by atoms with Gasteiger partial charge in [0.2, 0.25) is 5.91 Å². The van der Waals surface area contributed by atoms with Crippen LogP contribution in [0.15, 0.2) is 24.3 Å². The van der Waals surface area contributed by atoms with Crippen LogP contribution in [0, 0.1) is 32.1 Å². The highest BCUT2D eigenvalue weighted by molar-refractivity contribution is 6.32. The normalized spacial score (nSPS) is 10.7. The molecule has 7 heteroatoms. The van der Waals surface area contributed by atoms with Crippen molar-refractivity contribution in [1.29, 1.82) is 5.26 Å². The third kappa shape index (κ3) is 3.53. The molecule has 1 amide bonds. The molecule has 26 heavy (non-hydrogen) atoms. The first kappa shape index (κ1) is 17.9. The van der Waals surface area contributed by atoms with Gasteiger partial charge in [0.25, 0.3) is 0 Å². The first-order valence-corrected chi connectivity index (χ1v) is 8.59. The summed E-state index contributed by atoms with van der Waals surface area (Å²) in [6, 6.07) is 8.76. The van der Waals surface area contributed by atoms with E-state index in [1.54, 1.807) is 18.2 Å². The van der Waals surface area contributed by atoms with Crippen LogP contribution in [0.3, 0.4) is 0 Å². The summed E-state index contributed by atoms with van der Waals surface area (Å²) >= 11 is 5.99. The van der Waals surface area contributed by atoms with Crippen LogP contribution in [-0.4, -0.2) is 20.5 Å². The van der Waals surface area contributed by atoms with Crippen molar-refractivity contribution in [2.75, 3.05) is 5.32 Å². The molecular formula is C19H18ClN5O. The molecule has 0 atom stereocenters. The van der Waals surface area contributed by atoms with Crippen LogP contribution in [0.25, 0.3) is 5.65 Å². The largest absolute Gasteiger partial charge is 0.326 e. The van der Waals surface area contributed by atoms with Crippen molar-refractivity contribution in [1.82, 2.24) is 14.6 Å². The van der Waals surface area contributed by atoms with Crippen molar-refractivity contribution in [2.45, 2.75) is 33.6 Å². The Morgan fingerprint density at radius 3 is 2.77 bits per heavy atom. The van der Waals surface area contributed by atoms with Gasteiger partial charge >= 0.3 is 0 Å². The number of hydrogen-bond acceptors (Lipinski definition) is 4. The van der Waals surface area contributed by atoms with Crippen molar-refractivity contribution in [3.05, 3.63) is 57.5 Å². The zero-order valence-electron chi connectivity index (χ0n) is 14.8. The maximum atomic E-state index is 12.3. The second kappa shape index (κ2) is 7.14. The fraction of sp³-hybridized carbons (Fsp3) is 0.263. The second-order valence-corrected chi connectivity index (χ2v) is 6.58. The Balaban J connectivity index is 1.73. The van der Waals surface area contributed by atoms with E-state index < -0.39 is 0 Å². The fourth-order valence-corrected chi connectivity index (χ4v) is 3.17. The van der Waals surface area contributed by atoms with Gasteiger partial charge in [-0.1, -0.05) is 11.6 Å². The zero-order chi connectivity index (χ0) is 18.8. The Kier molecular flexibility index (Phi) is 4.92. The number of aromatic nitrogens is 3. The molecule has 0 spiro atoms. The van der Waals surface area contributed by atoms with E-state index >= 15 is 0 Å². The number of hydrogen-bond donors (Lipinski definition) is 1. The van der Waals surface area contributed by atoms with Gasteiger partial charge in [-0.2, -0.15) is 10.4 Å². The average Bonchev–Trinajstić information content (AvgIpc) is 2.95. The number of rotatable bonds is 4. The number of nitriles is 1. The molecule has 0 aliphatic rings. The fourth-order valence-electron chi connectivity index (χ4n) is 2.95. The van der Waals surface area contributed by atoms with Crippen LogP contribution in [0.4, 0.5) is 5.69 Å². The predicted molar refractivity (Wildman–Crippen MR) is 100 cm³/mol. The van der Waals surface area contributed by atoms with Gasteiger partial charge in [0, 0.05) is 29.6 Å². The minimum atomic E-state index is -0.124. The van der Waals surface area contributed by atoms with E-state index in [1.165, 1.54) is 0 Å². The quantitative estimate of drug-likeness (QED) is 0.761. The van der Waals surface area contributed by atoms with Crippen molar-refractivity contribution in [3.8, 4) is 6.07 Å². The summed E-state index contributed by atoms with van der Waals surface area (Å²) in [5.41, 5.74) is 5.60. The number of aryl methyl sites for hydroxylation is 3. The first-order chi connectivity index (χ1) is 12.4. The molecule has 2 aromatic heterocycles. The molecule has 3 aromatic rings. The molecule has 0 radical (unpaired) electrons. The Morgan fingerprint density at radius 1 is 1.31 bits per heavy atom. The van der Waals surface area contributed by atoms with Crippen LogP contribution in [-0.2, 0) is 11.2 Å². The molecule has 6 nitrogen and oxygen atoms in total. The summed E-state index contributed by atoms with van der Waals surface area (Å²) < 4.78 is 1.82. The van der Waals surface area contributed by atoms with E-state index in [0.29, 0.717) is 29.1 Å². The summed E-state index contributed by atoms with van der Waals surface area (Å²) in [5, 5.41) is 16.5. The topological polar surface area (TPSA) is 83.1 Å². The van der Waals surface area contributed by atoms with Crippen molar-refractivity contribution in [2.24, 2.45) is 0 Å². The van der Waals surface area contributed by atoms with Crippen LogP contribution in [0.1, 0.15) is 34.6 Å². The smallest absolute Gasteiger partial charge is 0.224 e. The molecule has 1 aromatic carbocycles. The lowest BCUT2D eigenvalue weighted by molar-refractivity contribution is -0.116. The Morgan fingerprint density at radius 2 is 2.08 bits per heavy atom. The third-order valence-corrected chi connectivity index (χ3v) is 4.57. The number of nitrogens with one attached hydrogen (secondary N) is 1. The number of fused-ring (bicyclic) bond motifs is 1. The number of benzene rings is 1. The van der Waals surface area contributed by atoms with Gasteiger partial charge in [0.15, 0.2) is 5.65 Å². The summed E-state index contributed by atoms with van der Waals surface area (Å²) in [6.07, 6.45) is 0.877. The first-order valence-electron chi connectivity index (χ1n) is 8.21. The van der Waals surface area contributed by atoms with Crippen LogP contribution < -0.4 is 5.32 Å². The van der Waals surface area contributed by atoms with E-state index in [2.05, 4.69) is 15.4 Å². The molecule has 0 bridgehead atoms. The van der Waals surface area contributed by atoms with Crippen molar-refractivity contribution >= 4 is 28.8 Å². The number of anilines is 1. The molecule has 3 rings (SSSR count). The van der Waals surface area contributed by atoms with Gasteiger partial charge in [-0.25, -0.2) is 9.50 Å². The highest BCUT2D eigenvalue weighted by atomic mass is 35.5. The van der Waals surface area contributed by atoms with Crippen LogP contribution in [0.2, 0.25) is 5.02 Å². The lowest BCUT2D eigenvalue weighted by Gasteiger charge is -2.11. The van der Waals surface area contributed by atoms with E-state index in [0.717, 1.165) is 28.3 Å². The van der Waals surface area contributed by atoms with Gasteiger partial charge in [-0.15, -0.1) is 0 Å². The minimum Gasteiger partial charge on any atom is -0.326 e. The van der Waals surface area contributed by atoms with Crippen LogP contribution >= 0.6 is 11.6 Å². The summed E-state index contributed by atoms with van der Waals surface area (Å²) in [5.74, 6) is -0.124. The van der Waals surface area contributed by atoms with Crippen molar-refractivity contribution in [3.63, 3.8) is 0 Å². The molecule has 132 valence electrons. The Bertz CT molecular complexity index is 1050. The maximum Gasteiger partial charge on any atom is 0.224 e. The number of halogens is 1. The molecule has 0 unspecified atom stereocenters. The second-order valence-electron chi connectivity index (χ2n) is 6.17. The van der Waals surface area contributed by atoms with Crippen molar-refractivity contribution < 1.29 is 4.79 Å². The van der Waals surface area contributed by atoms with Gasteiger partial charge in [-0.05, 0) is 51.0 Å². The molecule has 0 fully saturated rings. The number of carbonyl (C=O) groups is 1. The third-order valence-electron chi connectivity index (χ3n) is 4.26. The van der Waals surface area contributed by atoms with E-state index in [-0.39, 0.29) is 5.91 Å². The SMILES string of the molecule is Cc1cc2nc(C)c(CCC(=O)Nc3ccc(C#N)c(Cl)c3)c(C)n2n1. The van der Waals surface area contributed by atoms with Gasteiger partial charge in [0.05, 0.1) is 16.3 Å². The average molecular weight is 368 g/mol. The zero-order valence-corrected chi connectivity index (χ0v) is 15.6. The highest BCUT2D eigenvalue weighted by Crippen LogP contribution is 2.21. The number of nitrogens with zero attached hydrogens (tertiary/aromatic N) is 4. The van der Waals surface area contributed by atoms with Gasteiger partial charge < -0.3 is 5.32 Å². The molecule has 2 heterocycles. The predicted octanol–water partition coefficient (Wildman–Crippen LogP) is 3.75. The lowest BCUT2D eigenvalue weighted by Crippen LogP contribution is -2.14. The highest BCUT2D eigenvalue weighted by Gasteiger charge is 2.13. The summed E-state index contributed by atoms with van der Waals surface area (Å²) in [4.78, 5) is 16.9. The molecule has 0 saturated carbocycles. The molecule has 1 N–H and O–H groups in total. The number of amides is 1. The lowest BCUT2D eigenvalue weighted by atomic mass is 10.1. The monoisotopic (exact) mass is 367 g/mol. The summed E-state index contributed by atoms with van der Waals surface area (Å²) in [7, 11) is 0. The van der Waals surface area contributed by atoms with Crippen LogP contribution in [0.5, 0.6) is 0 Å². The molecule has 0 aliphatic carbocycles. The molecule has 0 saturated heterocycles. The van der Waals surface area contributed by atoms with Gasteiger partial charge in [0.1, 0.15) is 6.07 Å². The van der Waals surface area contributed by atoms with Gasteiger partial charge in [-0.3, -0.25) is 4.79 Å². The molecule has 0 aliphatic heterocycles.